The van der Waals surface area contributed by atoms with Crippen LogP contribution < -0.4 is 5.32 Å². The second-order valence-corrected chi connectivity index (χ2v) is 4.31. The van der Waals surface area contributed by atoms with E-state index in [0.717, 1.165) is 17.9 Å². The van der Waals surface area contributed by atoms with Crippen LogP contribution in [0.4, 0.5) is 0 Å². The van der Waals surface area contributed by atoms with E-state index in [1.165, 1.54) is 19.3 Å². The summed E-state index contributed by atoms with van der Waals surface area (Å²) < 4.78 is 0. The lowest BCUT2D eigenvalue weighted by Crippen LogP contribution is -2.20. The highest BCUT2D eigenvalue weighted by Crippen LogP contribution is 2.33. The molecule has 3 nitrogen and oxygen atoms in total. The average Bonchev–Trinajstić information content (AvgIpc) is 2.37. The van der Waals surface area contributed by atoms with Gasteiger partial charge in [-0.25, -0.2) is 0 Å². The lowest BCUT2D eigenvalue weighted by Gasteiger charge is -2.25. The molecule has 1 heterocycles. The fraction of sp³-hybridized carbons (Fsp3) is 0.636. The van der Waals surface area contributed by atoms with E-state index in [2.05, 4.69) is 5.32 Å². The van der Waals surface area contributed by atoms with E-state index in [1.54, 1.807) is 0 Å². The zero-order valence-electron chi connectivity index (χ0n) is 8.43. The Morgan fingerprint density at radius 3 is 2.57 bits per heavy atom. The molecular formula is C11H15NO2. The smallest absolute Gasteiger partial charge is 0.254 e. The molecule has 0 aromatic heterocycles. The van der Waals surface area contributed by atoms with E-state index in [-0.39, 0.29) is 18.2 Å². The standard InChI is InChI=1S/C11H15NO2/c1-7(5-8-3-2-4-8)9-6-10(13)12-11(9)14/h8H,2-6H2,1H3,(H,12,13,14). The van der Waals surface area contributed by atoms with Crippen LogP contribution in [-0.2, 0) is 9.59 Å². The van der Waals surface area contributed by atoms with Crippen LogP contribution in [0.25, 0.3) is 0 Å². The van der Waals surface area contributed by atoms with Crippen molar-refractivity contribution in [2.75, 3.05) is 0 Å². The maximum Gasteiger partial charge on any atom is 0.254 e. The number of rotatable bonds is 2. The van der Waals surface area contributed by atoms with Gasteiger partial charge in [-0.15, -0.1) is 0 Å². The fourth-order valence-electron chi connectivity index (χ4n) is 2.08. The third kappa shape index (κ3) is 1.72. The second kappa shape index (κ2) is 3.56. The van der Waals surface area contributed by atoms with Crippen molar-refractivity contribution in [3.63, 3.8) is 0 Å². The molecule has 3 heteroatoms. The first-order chi connectivity index (χ1) is 6.66. The molecule has 14 heavy (non-hydrogen) atoms. The van der Waals surface area contributed by atoms with Crippen molar-refractivity contribution in [2.24, 2.45) is 5.92 Å². The van der Waals surface area contributed by atoms with Gasteiger partial charge in [0.05, 0.1) is 6.42 Å². The van der Waals surface area contributed by atoms with Gasteiger partial charge < -0.3 is 0 Å². The van der Waals surface area contributed by atoms with Gasteiger partial charge in [-0.2, -0.15) is 0 Å². The Bertz CT molecular complexity index is 313. The van der Waals surface area contributed by atoms with Crippen molar-refractivity contribution >= 4 is 11.8 Å². The number of nitrogens with one attached hydrogen (secondary N) is 1. The summed E-state index contributed by atoms with van der Waals surface area (Å²) in [5, 5.41) is 2.32. The molecule has 1 saturated carbocycles. The molecule has 0 unspecified atom stereocenters. The third-order valence-electron chi connectivity index (χ3n) is 3.20. The first-order valence-corrected chi connectivity index (χ1v) is 5.19. The number of hydrogen-bond donors (Lipinski definition) is 1. The molecule has 2 fully saturated rings. The van der Waals surface area contributed by atoms with Crippen LogP contribution in [0.3, 0.4) is 0 Å². The number of carbonyl (C=O) groups is 2. The van der Waals surface area contributed by atoms with Gasteiger partial charge in [0.25, 0.3) is 5.91 Å². The summed E-state index contributed by atoms with van der Waals surface area (Å²) in [5.41, 5.74) is 1.82. The molecule has 0 spiro atoms. The van der Waals surface area contributed by atoms with Gasteiger partial charge in [0, 0.05) is 5.57 Å². The lowest BCUT2D eigenvalue weighted by atomic mass is 9.80. The number of hydrogen-bond acceptors (Lipinski definition) is 2. The van der Waals surface area contributed by atoms with Crippen LogP contribution in [0.1, 0.15) is 39.0 Å². The Kier molecular flexibility index (Phi) is 2.40. The number of carbonyl (C=O) groups excluding carboxylic acids is 2. The van der Waals surface area contributed by atoms with E-state index in [9.17, 15) is 9.59 Å². The SMILES string of the molecule is CC(CC1CCC1)=C1CC(=O)NC1=O. The van der Waals surface area contributed by atoms with Crippen molar-refractivity contribution in [2.45, 2.75) is 39.0 Å². The molecule has 1 aliphatic heterocycles. The van der Waals surface area contributed by atoms with Crippen LogP contribution in [0.15, 0.2) is 11.1 Å². The van der Waals surface area contributed by atoms with Crippen molar-refractivity contribution in [3.05, 3.63) is 11.1 Å². The van der Waals surface area contributed by atoms with Crippen LogP contribution in [0, 0.1) is 5.92 Å². The van der Waals surface area contributed by atoms with Crippen LogP contribution >= 0.6 is 0 Å². The summed E-state index contributed by atoms with van der Waals surface area (Å²) in [6.45, 7) is 1.98. The maximum atomic E-state index is 11.3. The van der Waals surface area contributed by atoms with E-state index in [4.69, 9.17) is 0 Å². The van der Waals surface area contributed by atoms with Crippen LogP contribution in [0.5, 0.6) is 0 Å². The molecule has 0 aromatic carbocycles. The van der Waals surface area contributed by atoms with Crippen molar-refractivity contribution in [3.8, 4) is 0 Å². The average molecular weight is 193 g/mol. The van der Waals surface area contributed by atoms with E-state index in [0.29, 0.717) is 5.57 Å². The zero-order chi connectivity index (χ0) is 10.1. The normalized spacial score (nSPS) is 26.1. The summed E-state index contributed by atoms with van der Waals surface area (Å²) in [6, 6.07) is 0. The lowest BCUT2D eigenvalue weighted by molar-refractivity contribution is -0.124. The molecule has 0 radical (unpaired) electrons. The van der Waals surface area contributed by atoms with Gasteiger partial charge in [0.2, 0.25) is 5.91 Å². The molecule has 1 saturated heterocycles. The predicted octanol–water partition coefficient (Wildman–Crippen LogP) is 1.54. The van der Waals surface area contributed by atoms with Crippen LogP contribution in [-0.4, -0.2) is 11.8 Å². The highest BCUT2D eigenvalue weighted by molar-refractivity contribution is 6.13. The monoisotopic (exact) mass is 193 g/mol. The summed E-state index contributed by atoms with van der Waals surface area (Å²) in [6.07, 6.45) is 5.16. The van der Waals surface area contributed by atoms with Gasteiger partial charge in [0.15, 0.2) is 0 Å². The van der Waals surface area contributed by atoms with Gasteiger partial charge >= 0.3 is 0 Å². The van der Waals surface area contributed by atoms with E-state index < -0.39 is 0 Å². The molecule has 2 amide bonds. The molecule has 0 bridgehead atoms. The largest absolute Gasteiger partial charge is 0.292 e. The summed E-state index contributed by atoms with van der Waals surface area (Å²) in [5.74, 6) is 0.427. The number of allylic oxidation sites excluding steroid dienone is 1. The molecule has 0 aromatic rings. The number of imide groups is 1. The minimum absolute atomic E-state index is 0.155. The Hall–Kier alpha value is -1.12. The Morgan fingerprint density at radius 1 is 1.43 bits per heavy atom. The number of amides is 2. The molecule has 2 aliphatic rings. The van der Waals surface area contributed by atoms with E-state index in [1.807, 2.05) is 6.92 Å². The van der Waals surface area contributed by atoms with Crippen LogP contribution in [0.2, 0.25) is 0 Å². The van der Waals surface area contributed by atoms with Crippen molar-refractivity contribution < 1.29 is 9.59 Å². The highest BCUT2D eigenvalue weighted by atomic mass is 16.2. The van der Waals surface area contributed by atoms with Crippen molar-refractivity contribution in [1.82, 2.24) is 5.32 Å². The summed E-state index contributed by atoms with van der Waals surface area (Å²) >= 11 is 0. The Morgan fingerprint density at radius 2 is 2.14 bits per heavy atom. The Balaban J connectivity index is 2.05. The quantitative estimate of drug-likeness (QED) is 0.534. The van der Waals surface area contributed by atoms with Gasteiger partial charge in [-0.05, 0) is 19.3 Å². The van der Waals surface area contributed by atoms with Gasteiger partial charge in [-0.1, -0.05) is 24.8 Å². The molecular weight excluding hydrogens is 178 g/mol. The first-order valence-electron chi connectivity index (χ1n) is 5.19. The van der Waals surface area contributed by atoms with E-state index >= 15 is 0 Å². The molecule has 2 rings (SSSR count). The minimum Gasteiger partial charge on any atom is -0.292 e. The first kappa shape index (κ1) is 9.44. The molecule has 1 aliphatic carbocycles. The zero-order valence-corrected chi connectivity index (χ0v) is 8.43. The van der Waals surface area contributed by atoms with Gasteiger partial charge in [0.1, 0.15) is 0 Å². The molecule has 1 N–H and O–H groups in total. The van der Waals surface area contributed by atoms with Gasteiger partial charge in [-0.3, -0.25) is 14.9 Å². The third-order valence-corrected chi connectivity index (χ3v) is 3.20. The molecule has 76 valence electrons. The second-order valence-electron chi connectivity index (χ2n) is 4.31. The molecule has 0 atom stereocenters. The highest BCUT2D eigenvalue weighted by Gasteiger charge is 2.27. The Labute approximate surface area is 83.6 Å². The minimum atomic E-state index is -0.174. The summed E-state index contributed by atoms with van der Waals surface area (Å²) in [7, 11) is 0. The maximum absolute atomic E-state index is 11.3. The predicted molar refractivity (Wildman–Crippen MR) is 52.4 cm³/mol. The topological polar surface area (TPSA) is 46.2 Å². The summed E-state index contributed by atoms with van der Waals surface area (Å²) in [4.78, 5) is 22.3. The van der Waals surface area contributed by atoms with Crippen molar-refractivity contribution in [1.29, 1.82) is 0 Å². The fourth-order valence-corrected chi connectivity index (χ4v) is 2.08.